The lowest BCUT2D eigenvalue weighted by Gasteiger charge is -2.08. The van der Waals surface area contributed by atoms with Crippen molar-refractivity contribution in [2.45, 2.75) is 29.1 Å². The smallest absolute Gasteiger partial charge is 0.225 e. The van der Waals surface area contributed by atoms with Crippen molar-refractivity contribution < 1.29 is 21.2 Å². The normalized spacial score (nSPS) is 16.3. The van der Waals surface area contributed by atoms with E-state index in [0.717, 1.165) is 31.4 Å². The Morgan fingerprint density at radius 2 is 1.90 bits per heavy atom. The fourth-order valence-electron chi connectivity index (χ4n) is 1.76. The third-order valence-electron chi connectivity index (χ3n) is 3.06. The molecule has 2 rings (SSSR count). The molecule has 3 N–H and O–H groups in total. The minimum atomic E-state index is -4.06. The second kappa shape index (κ2) is 5.40. The number of primary sulfonamides is 1. The zero-order valence-corrected chi connectivity index (χ0v) is 12.2. The number of benzene rings is 1. The van der Waals surface area contributed by atoms with Gasteiger partial charge in [0, 0.05) is 6.54 Å². The molecular formula is C11H15FN2O4S2. The molecule has 1 aromatic carbocycles. The van der Waals surface area contributed by atoms with E-state index in [1.54, 1.807) is 0 Å². The largest absolute Gasteiger partial charge is 0.243 e. The van der Waals surface area contributed by atoms with Crippen LogP contribution in [0.1, 0.15) is 19.3 Å². The van der Waals surface area contributed by atoms with Crippen LogP contribution in [-0.4, -0.2) is 23.4 Å². The van der Waals surface area contributed by atoms with E-state index in [0.29, 0.717) is 12.0 Å². The van der Waals surface area contributed by atoms with Crippen LogP contribution in [0, 0.1) is 11.7 Å². The lowest BCUT2D eigenvalue weighted by Crippen LogP contribution is -2.26. The van der Waals surface area contributed by atoms with Crippen molar-refractivity contribution in [1.82, 2.24) is 4.72 Å². The Morgan fingerprint density at radius 3 is 2.40 bits per heavy atom. The molecular weight excluding hydrogens is 307 g/mol. The molecule has 0 bridgehead atoms. The summed E-state index contributed by atoms with van der Waals surface area (Å²) >= 11 is 0. The summed E-state index contributed by atoms with van der Waals surface area (Å²) in [6.07, 6.45) is 2.91. The van der Waals surface area contributed by atoms with Gasteiger partial charge in [-0.05, 0) is 30.5 Å². The van der Waals surface area contributed by atoms with Crippen LogP contribution in [0.15, 0.2) is 28.0 Å². The molecule has 112 valence electrons. The van der Waals surface area contributed by atoms with Crippen molar-refractivity contribution in [3.8, 4) is 0 Å². The van der Waals surface area contributed by atoms with E-state index in [1.165, 1.54) is 0 Å². The molecule has 6 nitrogen and oxygen atoms in total. The van der Waals surface area contributed by atoms with Gasteiger partial charge in [-0.2, -0.15) is 0 Å². The molecule has 1 aliphatic rings. The highest BCUT2D eigenvalue weighted by Crippen LogP contribution is 2.31. The summed E-state index contributed by atoms with van der Waals surface area (Å²) < 4.78 is 61.9. The van der Waals surface area contributed by atoms with Crippen molar-refractivity contribution in [1.29, 1.82) is 0 Å². The molecule has 0 spiro atoms. The molecule has 1 aromatic rings. The highest BCUT2D eigenvalue weighted by atomic mass is 32.2. The molecule has 0 saturated heterocycles. The highest BCUT2D eigenvalue weighted by molar-refractivity contribution is 7.89. The van der Waals surface area contributed by atoms with E-state index in [-0.39, 0.29) is 6.54 Å². The van der Waals surface area contributed by atoms with Crippen LogP contribution in [0.2, 0.25) is 0 Å². The van der Waals surface area contributed by atoms with Gasteiger partial charge in [-0.25, -0.2) is 31.1 Å². The highest BCUT2D eigenvalue weighted by Gasteiger charge is 2.24. The number of hydrogen-bond donors (Lipinski definition) is 2. The van der Waals surface area contributed by atoms with E-state index in [4.69, 9.17) is 5.14 Å². The van der Waals surface area contributed by atoms with Crippen LogP contribution < -0.4 is 9.86 Å². The van der Waals surface area contributed by atoms with Gasteiger partial charge in [-0.3, -0.25) is 0 Å². The van der Waals surface area contributed by atoms with Gasteiger partial charge in [-0.1, -0.05) is 12.8 Å². The summed E-state index contributed by atoms with van der Waals surface area (Å²) in [4.78, 5) is -1.05. The van der Waals surface area contributed by atoms with Gasteiger partial charge in [0.25, 0.3) is 0 Å². The van der Waals surface area contributed by atoms with Gasteiger partial charge in [0.15, 0.2) is 0 Å². The van der Waals surface area contributed by atoms with Gasteiger partial charge in [0.1, 0.15) is 10.7 Å². The molecule has 0 amide bonds. The topological polar surface area (TPSA) is 106 Å². The van der Waals surface area contributed by atoms with Gasteiger partial charge >= 0.3 is 0 Å². The Morgan fingerprint density at radius 1 is 1.25 bits per heavy atom. The Labute approximate surface area is 117 Å². The fraction of sp³-hybridized carbons (Fsp3) is 0.455. The first-order valence-corrected chi connectivity index (χ1v) is 9.05. The Hall–Kier alpha value is -1.03. The first-order chi connectivity index (χ1) is 9.20. The summed E-state index contributed by atoms with van der Waals surface area (Å²) in [6.45, 7) is 0.239. The molecule has 1 aliphatic carbocycles. The number of sulfonamides is 2. The monoisotopic (exact) mass is 322 g/mol. The second-order valence-corrected chi connectivity index (χ2v) is 8.06. The summed E-state index contributed by atoms with van der Waals surface area (Å²) in [6, 6.07) is 2.47. The number of nitrogens with two attached hydrogens (primary N) is 1. The lowest BCUT2D eigenvalue weighted by molar-refractivity contribution is 0.549. The van der Waals surface area contributed by atoms with Crippen molar-refractivity contribution in [2.75, 3.05) is 6.54 Å². The first-order valence-electron chi connectivity index (χ1n) is 6.02. The fourth-order valence-corrected chi connectivity index (χ4v) is 3.39. The zero-order chi connectivity index (χ0) is 15.0. The van der Waals surface area contributed by atoms with Crippen LogP contribution >= 0.6 is 0 Å². The summed E-state index contributed by atoms with van der Waals surface area (Å²) in [5, 5.41) is 4.85. The van der Waals surface area contributed by atoms with Crippen molar-refractivity contribution in [3.63, 3.8) is 0 Å². The molecule has 1 saturated carbocycles. The summed E-state index contributed by atoms with van der Waals surface area (Å²) in [5.41, 5.74) is 0. The predicted octanol–water partition coefficient (Wildman–Crippen LogP) is 0.551. The Bertz CT molecular complexity index is 712. The number of halogens is 1. The lowest BCUT2D eigenvalue weighted by atomic mass is 10.3. The van der Waals surface area contributed by atoms with Crippen molar-refractivity contribution in [3.05, 3.63) is 24.0 Å². The molecule has 0 aliphatic heterocycles. The van der Waals surface area contributed by atoms with Crippen LogP contribution in [0.4, 0.5) is 4.39 Å². The maximum atomic E-state index is 13.7. The standard InChI is InChI=1S/C11H15FN2O4S2/c12-10-7-9(19(13,15)16)3-4-11(10)20(17,18)14-6-5-8-1-2-8/h3-4,7-8,14H,1-2,5-6H2,(H2,13,15,16). The van der Waals surface area contributed by atoms with Gasteiger partial charge in [0.05, 0.1) is 4.90 Å². The second-order valence-electron chi connectivity index (χ2n) is 4.77. The van der Waals surface area contributed by atoms with Crippen LogP contribution in [0.25, 0.3) is 0 Å². The minimum Gasteiger partial charge on any atom is -0.225 e. The quantitative estimate of drug-likeness (QED) is 0.797. The SMILES string of the molecule is NS(=O)(=O)c1ccc(S(=O)(=O)NCCC2CC2)c(F)c1. The molecule has 0 atom stereocenters. The van der Waals surface area contributed by atoms with Gasteiger partial charge in [0.2, 0.25) is 20.0 Å². The predicted molar refractivity (Wildman–Crippen MR) is 70.3 cm³/mol. The van der Waals surface area contributed by atoms with E-state index in [1.807, 2.05) is 0 Å². The molecule has 0 radical (unpaired) electrons. The van der Waals surface area contributed by atoms with E-state index in [2.05, 4.69) is 4.72 Å². The number of rotatable bonds is 6. The van der Waals surface area contributed by atoms with Gasteiger partial charge < -0.3 is 0 Å². The summed E-state index contributed by atoms with van der Waals surface area (Å²) in [5.74, 6) is -0.595. The third kappa shape index (κ3) is 3.75. The minimum absolute atomic E-state index is 0.239. The number of nitrogens with one attached hydrogen (secondary N) is 1. The Kier molecular flexibility index (Phi) is 4.14. The van der Waals surface area contributed by atoms with Crippen LogP contribution in [0.3, 0.4) is 0 Å². The van der Waals surface area contributed by atoms with Gasteiger partial charge in [-0.15, -0.1) is 0 Å². The van der Waals surface area contributed by atoms with Crippen LogP contribution in [-0.2, 0) is 20.0 Å². The molecule has 9 heteroatoms. The van der Waals surface area contributed by atoms with E-state index < -0.39 is 35.7 Å². The van der Waals surface area contributed by atoms with E-state index >= 15 is 0 Å². The zero-order valence-electron chi connectivity index (χ0n) is 10.5. The maximum absolute atomic E-state index is 13.7. The average molecular weight is 322 g/mol. The Balaban J connectivity index is 2.18. The van der Waals surface area contributed by atoms with Crippen molar-refractivity contribution in [2.24, 2.45) is 11.1 Å². The average Bonchev–Trinajstić information content (AvgIpc) is 3.11. The summed E-state index contributed by atoms with van der Waals surface area (Å²) in [7, 11) is -8.04. The first kappa shape index (κ1) is 15.4. The maximum Gasteiger partial charge on any atom is 0.243 e. The number of hydrogen-bond acceptors (Lipinski definition) is 4. The molecule has 1 fully saturated rings. The molecule has 0 aromatic heterocycles. The van der Waals surface area contributed by atoms with Crippen molar-refractivity contribution >= 4 is 20.0 Å². The van der Waals surface area contributed by atoms with Crippen LogP contribution in [0.5, 0.6) is 0 Å². The molecule has 0 unspecified atom stereocenters. The third-order valence-corrected chi connectivity index (χ3v) is 5.47. The molecule has 20 heavy (non-hydrogen) atoms. The molecule has 0 heterocycles. The van der Waals surface area contributed by atoms with E-state index in [9.17, 15) is 21.2 Å².